The smallest absolute Gasteiger partial charge is 0.433 e. The summed E-state index contributed by atoms with van der Waals surface area (Å²) >= 11 is 0. The first-order chi connectivity index (χ1) is 13.0. The maximum Gasteiger partial charge on any atom is 0.433 e. The Bertz CT molecular complexity index is 1200. The number of fused-ring (bicyclic) bond motifs is 1. The molecule has 3 aromatic rings. The third-order valence-corrected chi connectivity index (χ3v) is 5.83. The molecule has 0 fully saturated rings. The van der Waals surface area contributed by atoms with Crippen molar-refractivity contribution in [2.24, 2.45) is 7.05 Å². The molecule has 0 unspecified atom stereocenters. The van der Waals surface area contributed by atoms with Gasteiger partial charge >= 0.3 is 12.1 Å². The number of hydrogen-bond acceptors (Lipinski definition) is 6. The van der Waals surface area contributed by atoms with Crippen molar-refractivity contribution in [3.63, 3.8) is 0 Å². The summed E-state index contributed by atoms with van der Waals surface area (Å²) in [6, 6.07) is 1.71. The van der Waals surface area contributed by atoms with Crippen molar-refractivity contribution in [1.82, 2.24) is 19.5 Å². The Kier molecular flexibility index (Phi) is 4.61. The SMILES string of the molecule is CCS(=O)(=O)c1cc(C(=O)O)cnc1-c1nc2cc(C(F)(F)F)ncc2n1C. The molecule has 0 saturated heterocycles. The number of sulfone groups is 1. The minimum Gasteiger partial charge on any atom is -0.478 e. The van der Waals surface area contributed by atoms with Crippen LogP contribution in [0.25, 0.3) is 22.6 Å². The zero-order chi connectivity index (χ0) is 20.9. The van der Waals surface area contributed by atoms with E-state index in [1.807, 2.05) is 0 Å². The number of hydrogen-bond donors (Lipinski definition) is 1. The molecule has 0 aliphatic carbocycles. The minimum atomic E-state index is -4.66. The van der Waals surface area contributed by atoms with E-state index in [0.29, 0.717) is 0 Å². The standard InChI is InChI=1S/C16H13F3N4O4S/c1-3-28(26,27)11-4-8(15(24)25)6-21-13(11)14-22-9-5-12(16(17,18)19)20-7-10(9)23(14)2/h4-7H,3H2,1-2H3,(H,24,25). The van der Waals surface area contributed by atoms with E-state index in [1.165, 1.54) is 18.5 Å². The van der Waals surface area contributed by atoms with Gasteiger partial charge in [0.05, 0.1) is 33.4 Å². The second-order valence-electron chi connectivity index (χ2n) is 5.83. The van der Waals surface area contributed by atoms with Crippen molar-refractivity contribution in [2.45, 2.75) is 18.0 Å². The first-order valence-corrected chi connectivity index (χ1v) is 9.47. The Balaban J connectivity index is 2.30. The molecule has 12 heteroatoms. The van der Waals surface area contributed by atoms with Crippen molar-refractivity contribution in [1.29, 1.82) is 0 Å². The highest BCUT2D eigenvalue weighted by molar-refractivity contribution is 7.91. The second kappa shape index (κ2) is 6.55. The molecule has 8 nitrogen and oxygen atoms in total. The van der Waals surface area contributed by atoms with E-state index in [1.54, 1.807) is 0 Å². The van der Waals surface area contributed by atoms with Crippen LogP contribution in [0.1, 0.15) is 23.0 Å². The van der Waals surface area contributed by atoms with Gasteiger partial charge in [0, 0.05) is 13.2 Å². The molecule has 3 heterocycles. The lowest BCUT2D eigenvalue weighted by Crippen LogP contribution is -2.11. The summed E-state index contributed by atoms with van der Waals surface area (Å²) in [5.74, 6) is -1.72. The highest BCUT2D eigenvalue weighted by Gasteiger charge is 2.33. The van der Waals surface area contributed by atoms with Gasteiger partial charge in [-0.2, -0.15) is 13.2 Å². The Morgan fingerprint density at radius 1 is 1.21 bits per heavy atom. The van der Waals surface area contributed by atoms with Gasteiger partial charge in [-0.3, -0.25) is 4.98 Å². The van der Waals surface area contributed by atoms with Gasteiger partial charge in [0.25, 0.3) is 0 Å². The van der Waals surface area contributed by atoms with Crippen LogP contribution in [0.2, 0.25) is 0 Å². The lowest BCUT2D eigenvalue weighted by atomic mass is 10.2. The predicted octanol–water partition coefficient (Wildman–Crippen LogP) is 2.54. The Morgan fingerprint density at radius 3 is 2.46 bits per heavy atom. The zero-order valence-electron chi connectivity index (χ0n) is 14.5. The number of aromatic nitrogens is 4. The number of carboxylic acids is 1. The molecule has 0 aliphatic rings. The van der Waals surface area contributed by atoms with Crippen LogP contribution in [0.5, 0.6) is 0 Å². The van der Waals surface area contributed by atoms with Crippen LogP contribution in [-0.2, 0) is 23.1 Å². The maximum atomic E-state index is 12.9. The first-order valence-electron chi connectivity index (χ1n) is 7.82. The van der Waals surface area contributed by atoms with Crippen LogP contribution >= 0.6 is 0 Å². The maximum absolute atomic E-state index is 12.9. The number of pyridine rings is 2. The Labute approximate surface area is 156 Å². The summed E-state index contributed by atoms with van der Waals surface area (Å²) in [5, 5.41) is 9.11. The highest BCUT2D eigenvalue weighted by Crippen LogP contribution is 2.32. The number of carboxylic acid groups (broad SMARTS) is 1. The fourth-order valence-corrected chi connectivity index (χ4v) is 3.63. The number of halogens is 3. The first kappa shape index (κ1) is 19.7. The Hall–Kier alpha value is -3.02. The quantitative estimate of drug-likeness (QED) is 0.698. The fourth-order valence-electron chi connectivity index (χ4n) is 2.58. The van der Waals surface area contributed by atoms with E-state index >= 15 is 0 Å². The summed E-state index contributed by atoms with van der Waals surface area (Å²) in [7, 11) is -2.43. The number of alkyl halides is 3. The van der Waals surface area contributed by atoms with E-state index in [0.717, 1.165) is 24.5 Å². The molecule has 0 bridgehead atoms. The molecule has 3 rings (SSSR count). The van der Waals surface area contributed by atoms with Crippen LogP contribution in [0.4, 0.5) is 13.2 Å². The lowest BCUT2D eigenvalue weighted by molar-refractivity contribution is -0.141. The predicted molar refractivity (Wildman–Crippen MR) is 91.4 cm³/mol. The average Bonchev–Trinajstić information content (AvgIpc) is 2.96. The molecule has 1 N–H and O–H groups in total. The number of aromatic carboxylic acids is 1. The molecule has 0 aromatic carbocycles. The third-order valence-electron chi connectivity index (χ3n) is 4.08. The largest absolute Gasteiger partial charge is 0.478 e. The minimum absolute atomic E-state index is 0.0277. The van der Waals surface area contributed by atoms with E-state index in [9.17, 15) is 26.4 Å². The van der Waals surface area contributed by atoms with Gasteiger partial charge in [-0.05, 0) is 12.1 Å². The zero-order valence-corrected chi connectivity index (χ0v) is 15.3. The van der Waals surface area contributed by atoms with Crippen molar-refractivity contribution in [2.75, 3.05) is 5.75 Å². The molecule has 28 heavy (non-hydrogen) atoms. The summed E-state index contributed by atoms with van der Waals surface area (Å²) in [6.07, 6.45) is -2.72. The molecule has 0 spiro atoms. The molecule has 148 valence electrons. The highest BCUT2D eigenvalue weighted by atomic mass is 32.2. The second-order valence-corrected chi connectivity index (χ2v) is 8.08. The van der Waals surface area contributed by atoms with Gasteiger partial charge in [0.1, 0.15) is 11.4 Å². The lowest BCUT2D eigenvalue weighted by Gasteiger charge is -2.09. The molecular formula is C16H13F3N4O4S. The van der Waals surface area contributed by atoms with Crippen LogP contribution in [0.3, 0.4) is 0 Å². The molecule has 0 aliphatic heterocycles. The topological polar surface area (TPSA) is 115 Å². The number of carbonyl (C=O) groups is 1. The number of nitrogens with zero attached hydrogens (tertiary/aromatic N) is 4. The van der Waals surface area contributed by atoms with Gasteiger partial charge < -0.3 is 9.67 Å². The van der Waals surface area contributed by atoms with Gasteiger partial charge in [-0.15, -0.1) is 0 Å². The van der Waals surface area contributed by atoms with Gasteiger partial charge in [-0.1, -0.05) is 6.92 Å². The van der Waals surface area contributed by atoms with Crippen molar-refractivity contribution >= 4 is 26.8 Å². The number of imidazole rings is 1. The van der Waals surface area contributed by atoms with Crippen LogP contribution < -0.4 is 0 Å². The Morgan fingerprint density at radius 2 is 1.89 bits per heavy atom. The van der Waals surface area contributed by atoms with Crippen LogP contribution in [0, 0.1) is 0 Å². The van der Waals surface area contributed by atoms with Crippen molar-refractivity contribution < 1.29 is 31.5 Å². The number of rotatable bonds is 4. The van der Waals surface area contributed by atoms with Crippen LogP contribution in [-0.4, -0.2) is 44.8 Å². The number of aryl methyl sites for hydroxylation is 1. The van der Waals surface area contributed by atoms with E-state index < -0.39 is 27.7 Å². The van der Waals surface area contributed by atoms with E-state index in [2.05, 4.69) is 15.0 Å². The van der Waals surface area contributed by atoms with Gasteiger partial charge in [0.15, 0.2) is 15.7 Å². The van der Waals surface area contributed by atoms with Crippen molar-refractivity contribution in [3.05, 3.63) is 35.8 Å². The summed E-state index contributed by atoms with van der Waals surface area (Å²) in [5.41, 5.74) is -1.45. The fraction of sp³-hybridized carbons (Fsp3) is 0.250. The molecular weight excluding hydrogens is 401 g/mol. The van der Waals surface area contributed by atoms with Crippen LogP contribution in [0.15, 0.2) is 29.4 Å². The molecule has 0 saturated carbocycles. The van der Waals surface area contributed by atoms with E-state index in [-0.39, 0.29) is 38.8 Å². The normalized spacial score (nSPS) is 12.5. The monoisotopic (exact) mass is 414 g/mol. The molecule has 0 amide bonds. The van der Waals surface area contributed by atoms with Crippen molar-refractivity contribution in [3.8, 4) is 11.5 Å². The summed E-state index contributed by atoms with van der Waals surface area (Å²) < 4.78 is 64.9. The summed E-state index contributed by atoms with van der Waals surface area (Å²) in [4.78, 5) is 22.2. The summed E-state index contributed by atoms with van der Waals surface area (Å²) in [6.45, 7) is 1.38. The third kappa shape index (κ3) is 3.30. The van der Waals surface area contributed by atoms with Gasteiger partial charge in [-0.25, -0.2) is 23.2 Å². The average molecular weight is 414 g/mol. The van der Waals surface area contributed by atoms with Gasteiger partial charge in [0.2, 0.25) is 0 Å². The van der Waals surface area contributed by atoms with E-state index in [4.69, 9.17) is 5.11 Å². The molecule has 3 aromatic heterocycles. The molecule has 0 radical (unpaired) electrons. The molecule has 0 atom stereocenters.